The van der Waals surface area contributed by atoms with E-state index in [2.05, 4.69) is 23.7 Å². The van der Waals surface area contributed by atoms with Gasteiger partial charge in [0.15, 0.2) is 4.47 Å². The average molecular weight is 259 g/mol. The first-order valence-corrected chi connectivity index (χ1v) is 7.19. The highest BCUT2D eigenvalue weighted by Gasteiger charge is 2.34. The highest BCUT2D eigenvalue weighted by Crippen LogP contribution is 2.37. The van der Waals surface area contributed by atoms with Crippen LogP contribution in [0.2, 0.25) is 4.47 Å². The molecule has 1 aliphatic rings. The van der Waals surface area contributed by atoms with E-state index in [1.165, 1.54) is 37.2 Å². The summed E-state index contributed by atoms with van der Waals surface area (Å²) in [6.07, 6.45) is 5.84. The molecule has 0 bridgehead atoms. The number of thiazole rings is 1. The molecule has 0 radical (unpaired) electrons. The fourth-order valence-electron chi connectivity index (χ4n) is 2.57. The van der Waals surface area contributed by atoms with E-state index in [1.807, 2.05) is 6.20 Å². The van der Waals surface area contributed by atoms with Gasteiger partial charge in [0.2, 0.25) is 0 Å². The third kappa shape index (κ3) is 2.58. The lowest BCUT2D eigenvalue weighted by Crippen LogP contribution is -2.25. The molecule has 0 aliphatic carbocycles. The van der Waals surface area contributed by atoms with E-state index in [1.54, 1.807) is 11.3 Å². The number of likely N-dealkylation sites (tertiary alicyclic amines) is 1. The van der Waals surface area contributed by atoms with Crippen LogP contribution in [0.15, 0.2) is 6.20 Å². The van der Waals surface area contributed by atoms with Gasteiger partial charge in [0.05, 0.1) is 0 Å². The smallest absolute Gasteiger partial charge is 0.183 e. The molecule has 0 N–H and O–H groups in total. The van der Waals surface area contributed by atoms with Gasteiger partial charge in [-0.1, -0.05) is 25.4 Å². The molecule has 0 spiro atoms. The molecule has 1 aromatic heterocycles. The first-order chi connectivity index (χ1) is 7.67. The van der Waals surface area contributed by atoms with Crippen molar-refractivity contribution >= 4 is 22.9 Å². The lowest BCUT2D eigenvalue weighted by Gasteiger charge is -2.26. The summed E-state index contributed by atoms with van der Waals surface area (Å²) in [6.45, 7) is 8.10. The van der Waals surface area contributed by atoms with E-state index in [-0.39, 0.29) is 0 Å². The van der Waals surface area contributed by atoms with Crippen molar-refractivity contribution in [1.82, 2.24) is 9.88 Å². The number of hydrogen-bond donors (Lipinski definition) is 0. The van der Waals surface area contributed by atoms with E-state index >= 15 is 0 Å². The van der Waals surface area contributed by atoms with Crippen LogP contribution in [0.1, 0.15) is 38.0 Å². The van der Waals surface area contributed by atoms with Gasteiger partial charge in [0, 0.05) is 24.2 Å². The molecule has 1 fully saturated rings. The van der Waals surface area contributed by atoms with E-state index in [9.17, 15) is 0 Å². The minimum atomic E-state index is 0.564. The quantitative estimate of drug-likeness (QED) is 0.817. The maximum atomic E-state index is 5.85. The molecule has 4 heteroatoms. The molecule has 0 unspecified atom stereocenters. The van der Waals surface area contributed by atoms with Crippen LogP contribution in [0.25, 0.3) is 0 Å². The zero-order chi connectivity index (χ0) is 11.6. The Balaban J connectivity index is 1.94. The summed E-state index contributed by atoms with van der Waals surface area (Å²) in [7, 11) is 0. The molecule has 0 saturated carbocycles. The Labute approximate surface area is 107 Å². The first-order valence-electron chi connectivity index (χ1n) is 6.00. The SMILES string of the molecule is CCC1(CC)CCN(Cc2cnc(Cl)s2)C1. The summed E-state index contributed by atoms with van der Waals surface area (Å²) in [5, 5.41) is 0. The summed E-state index contributed by atoms with van der Waals surface area (Å²) in [6, 6.07) is 0. The Kier molecular flexibility index (Phi) is 3.88. The fourth-order valence-corrected chi connectivity index (χ4v) is 3.59. The number of hydrogen-bond acceptors (Lipinski definition) is 3. The van der Waals surface area contributed by atoms with Gasteiger partial charge < -0.3 is 0 Å². The van der Waals surface area contributed by atoms with Gasteiger partial charge in [-0.05, 0) is 31.2 Å². The van der Waals surface area contributed by atoms with Crippen molar-refractivity contribution in [1.29, 1.82) is 0 Å². The van der Waals surface area contributed by atoms with E-state index < -0.39 is 0 Å². The van der Waals surface area contributed by atoms with Gasteiger partial charge in [-0.25, -0.2) is 4.98 Å². The highest BCUT2D eigenvalue weighted by molar-refractivity contribution is 7.15. The Morgan fingerprint density at radius 1 is 1.50 bits per heavy atom. The van der Waals surface area contributed by atoms with Crippen molar-refractivity contribution in [2.24, 2.45) is 5.41 Å². The van der Waals surface area contributed by atoms with Crippen LogP contribution in [-0.2, 0) is 6.54 Å². The van der Waals surface area contributed by atoms with Gasteiger partial charge in [-0.3, -0.25) is 4.90 Å². The maximum Gasteiger partial charge on any atom is 0.183 e. The fraction of sp³-hybridized carbons (Fsp3) is 0.750. The van der Waals surface area contributed by atoms with Gasteiger partial charge in [0.25, 0.3) is 0 Å². The maximum absolute atomic E-state index is 5.85. The second-order valence-corrected chi connectivity index (χ2v) is 6.44. The van der Waals surface area contributed by atoms with Gasteiger partial charge in [-0.15, -0.1) is 11.3 Å². The second kappa shape index (κ2) is 5.03. The van der Waals surface area contributed by atoms with Crippen molar-refractivity contribution in [3.63, 3.8) is 0 Å². The number of nitrogens with zero attached hydrogens (tertiary/aromatic N) is 2. The van der Waals surface area contributed by atoms with Crippen LogP contribution in [0, 0.1) is 5.41 Å². The minimum Gasteiger partial charge on any atom is -0.298 e. The van der Waals surface area contributed by atoms with Crippen molar-refractivity contribution in [3.8, 4) is 0 Å². The summed E-state index contributed by atoms with van der Waals surface area (Å²) in [5.74, 6) is 0. The molecule has 2 rings (SSSR count). The van der Waals surface area contributed by atoms with E-state index in [0.717, 1.165) is 6.54 Å². The zero-order valence-corrected chi connectivity index (χ0v) is 11.6. The molecule has 0 aromatic carbocycles. The highest BCUT2D eigenvalue weighted by atomic mass is 35.5. The predicted octanol–water partition coefficient (Wildman–Crippen LogP) is 3.81. The van der Waals surface area contributed by atoms with Crippen LogP contribution >= 0.6 is 22.9 Å². The zero-order valence-electron chi connectivity index (χ0n) is 10.0. The van der Waals surface area contributed by atoms with E-state index in [0.29, 0.717) is 9.88 Å². The van der Waals surface area contributed by atoms with Crippen molar-refractivity contribution in [2.75, 3.05) is 13.1 Å². The second-order valence-electron chi connectivity index (χ2n) is 4.75. The molecule has 0 atom stereocenters. The molecule has 0 amide bonds. The predicted molar refractivity (Wildman–Crippen MR) is 70.0 cm³/mol. The van der Waals surface area contributed by atoms with Gasteiger partial charge in [-0.2, -0.15) is 0 Å². The summed E-state index contributed by atoms with van der Waals surface area (Å²) in [4.78, 5) is 7.92. The molecule has 1 aliphatic heterocycles. The number of halogens is 1. The van der Waals surface area contributed by atoms with Crippen molar-refractivity contribution < 1.29 is 0 Å². The standard InChI is InChI=1S/C12H19ClN2S/c1-3-12(4-2)5-6-15(9-12)8-10-7-14-11(13)16-10/h7H,3-6,8-9H2,1-2H3. The van der Waals surface area contributed by atoms with E-state index in [4.69, 9.17) is 11.6 Å². The Morgan fingerprint density at radius 2 is 2.25 bits per heavy atom. The first kappa shape index (κ1) is 12.3. The van der Waals surface area contributed by atoms with Crippen molar-refractivity contribution in [3.05, 3.63) is 15.5 Å². The lowest BCUT2D eigenvalue weighted by atomic mass is 9.82. The topological polar surface area (TPSA) is 16.1 Å². The normalized spacial score (nSPS) is 20.4. The van der Waals surface area contributed by atoms with Crippen LogP contribution in [0.5, 0.6) is 0 Å². The molecular formula is C12H19ClN2S. The van der Waals surface area contributed by atoms with Crippen molar-refractivity contribution in [2.45, 2.75) is 39.7 Å². The summed E-state index contributed by atoms with van der Waals surface area (Å²) in [5.41, 5.74) is 0.564. The van der Waals surface area contributed by atoms with Gasteiger partial charge >= 0.3 is 0 Å². The number of aromatic nitrogens is 1. The molecule has 1 saturated heterocycles. The average Bonchev–Trinajstić information content (AvgIpc) is 2.87. The molecule has 2 nitrogen and oxygen atoms in total. The Hall–Kier alpha value is -0.120. The largest absolute Gasteiger partial charge is 0.298 e. The van der Waals surface area contributed by atoms with Crippen LogP contribution in [0.3, 0.4) is 0 Å². The Morgan fingerprint density at radius 3 is 2.75 bits per heavy atom. The molecule has 1 aromatic rings. The monoisotopic (exact) mass is 258 g/mol. The summed E-state index contributed by atoms with van der Waals surface area (Å²) < 4.78 is 0.659. The van der Waals surface area contributed by atoms with Crippen LogP contribution in [0.4, 0.5) is 0 Å². The molecule has 90 valence electrons. The third-order valence-electron chi connectivity index (χ3n) is 3.92. The van der Waals surface area contributed by atoms with Crippen LogP contribution < -0.4 is 0 Å². The van der Waals surface area contributed by atoms with Crippen LogP contribution in [-0.4, -0.2) is 23.0 Å². The van der Waals surface area contributed by atoms with Gasteiger partial charge in [0.1, 0.15) is 0 Å². The molecule has 16 heavy (non-hydrogen) atoms. The minimum absolute atomic E-state index is 0.564. The molecular weight excluding hydrogens is 240 g/mol. The third-order valence-corrected chi connectivity index (χ3v) is 5.02. The lowest BCUT2D eigenvalue weighted by molar-refractivity contribution is 0.237. The Bertz CT molecular complexity index is 347. The number of rotatable bonds is 4. The molecule has 2 heterocycles. The summed E-state index contributed by atoms with van der Waals surface area (Å²) >= 11 is 7.45.